The van der Waals surface area contributed by atoms with E-state index in [1.165, 1.54) is 0 Å². The summed E-state index contributed by atoms with van der Waals surface area (Å²) in [6.45, 7) is 0.174. The van der Waals surface area contributed by atoms with Crippen molar-refractivity contribution >= 4 is 10.8 Å². The highest BCUT2D eigenvalue weighted by molar-refractivity contribution is 5.82. The fraction of sp³-hybridized carbons (Fsp3) is 0.565. The molecular formula is C23H34N4O6. The van der Waals surface area contributed by atoms with Gasteiger partial charge < -0.3 is 52.5 Å². The summed E-state index contributed by atoms with van der Waals surface area (Å²) in [5.41, 5.74) is 25.0. The molecular weight excluding hydrogens is 428 g/mol. The highest BCUT2D eigenvalue weighted by Gasteiger charge is 2.48. The lowest BCUT2D eigenvalue weighted by molar-refractivity contribution is -0.291. The SMILES string of the molecule is NC[C@H]1O[C@H](O[C@H]2[C@H](OCc3ccc4ccccc4c3)[C@@H](O)[C@H](N)C[C@@H]2N)[C@H](N)[C@@H](O)[C@@H]1O. The molecule has 2 aliphatic rings. The molecule has 11 N–H and O–H groups in total. The Bertz CT molecular complexity index is 933. The zero-order valence-electron chi connectivity index (χ0n) is 18.3. The van der Waals surface area contributed by atoms with Crippen molar-refractivity contribution in [3.05, 3.63) is 48.0 Å². The van der Waals surface area contributed by atoms with Gasteiger partial charge in [-0.15, -0.1) is 0 Å². The maximum Gasteiger partial charge on any atom is 0.176 e. The Morgan fingerprint density at radius 3 is 2.33 bits per heavy atom. The molecule has 2 fully saturated rings. The van der Waals surface area contributed by atoms with Crippen molar-refractivity contribution in [2.75, 3.05) is 6.54 Å². The van der Waals surface area contributed by atoms with Crippen LogP contribution in [0.5, 0.6) is 0 Å². The summed E-state index contributed by atoms with van der Waals surface area (Å²) in [4.78, 5) is 0. The molecule has 4 rings (SSSR count). The molecule has 33 heavy (non-hydrogen) atoms. The Kier molecular flexibility index (Phi) is 7.61. The van der Waals surface area contributed by atoms with Gasteiger partial charge in [-0.1, -0.05) is 36.4 Å². The van der Waals surface area contributed by atoms with Gasteiger partial charge in [-0.05, 0) is 28.8 Å². The monoisotopic (exact) mass is 462 g/mol. The van der Waals surface area contributed by atoms with Gasteiger partial charge >= 0.3 is 0 Å². The van der Waals surface area contributed by atoms with Crippen LogP contribution < -0.4 is 22.9 Å². The van der Waals surface area contributed by atoms with E-state index in [9.17, 15) is 15.3 Å². The fourth-order valence-corrected chi connectivity index (χ4v) is 4.59. The molecule has 1 aliphatic carbocycles. The summed E-state index contributed by atoms with van der Waals surface area (Å²) in [6.07, 6.45) is -6.87. The fourth-order valence-electron chi connectivity index (χ4n) is 4.59. The molecule has 10 nitrogen and oxygen atoms in total. The lowest BCUT2D eigenvalue weighted by Gasteiger charge is -2.46. The number of aliphatic hydroxyl groups excluding tert-OH is 3. The molecule has 10 heteroatoms. The highest BCUT2D eigenvalue weighted by atomic mass is 16.7. The van der Waals surface area contributed by atoms with Crippen LogP contribution in [0.25, 0.3) is 10.8 Å². The second-order valence-electron chi connectivity index (χ2n) is 8.95. The van der Waals surface area contributed by atoms with Gasteiger partial charge in [0.05, 0.1) is 18.8 Å². The minimum absolute atomic E-state index is 0.0308. The standard InChI is InChI=1S/C23H34N4O6/c24-9-16-19(29)20(30)17(27)23(32-16)33-21-15(26)8-14(25)18(28)22(21)31-10-11-5-6-12-3-1-2-4-13(12)7-11/h1-7,14-23,28-30H,8-10,24-27H2/t14-,15+,16-,17-,18+,19-,20-,21-,22-,23-/m1/s1. The van der Waals surface area contributed by atoms with E-state index < -0.39 is 61.0 Å². The van der Waals surface area contributed by atoms with Gasteiger partial charge in [0.2, 0.25) is 0 Å². The lowest BCUT2D eigenvalue weighted by Crippen LogP contribution is -2.67. The average Bonchev–Trinajstić information content (AvgIpc) is 2.82. The number of rotatable bonds is 6. The predicted octanol–water partition coefficient (Wildman–Crippen LogP) is -1.74. The first-order chi connectivity index (χ1) is 15.8. The molecule has 0 unspecified atom stereocenters. The van der Waals surface area contributed by atoms with Crippen LogP contribution in [0, 0.1) is 0 Å². The molecule has 1 saturated heterocycles. The first-order valence-electron chi connectivity index (χ1n) is 11.2. The minimum atomic E-state index is -1.29. The molecule has 1 aliphatic heterocycles. The van der Waals surface area contributed by atoms with Crippen molar-refractivity contribution in [1.82, 2.24) is 0 Å². The Labute approximate surface area is 192 Å². The second-order valence-corrected chi connectivity index (χ2v) is 8.95. The average molecular weight is 463 g/mol. The summed E-state index contributed by atoms with van der Waals surface area (Å²) in [7, 11) is 0. The van der Waals surface area contributed by atoms with E-state index in [2.05, 4.69) is 0 Å². The smallest absolute Gasteiger partial charge is 0.176 e. The number of ether oxygens (including phenoxy) is 3. The second kappa shape index (κ2) is 10.3. The van der Waals surface area contributed by atoms with E-state index in [-0.39, 0.29) is 13.2 Å². The molecule has 0 spiro atoms. The van der Waals surface area contributed by atoms with E-state index in [1.54, 1.807) is 0 Å². The molecule has 0 amide bonds. The minimum Gasteiger partial charge on any atom is -0.389 e. The summed E-state index contributed by atoms with van der Waals surface area (Å²) in [6, 6.07) is 11.8. The van der Waals surface area contributed by atoms with Crippen molar-refractivity contribution in [1.29, 1.82) is 0 Å². The lowest BCUT2D eigenvalue weighted by atomic mass is 9.84. The molecule has 10 atom stereocenters. The number of hydrogen-bond acceptors (Lipinski definition) is 10. The Morgan fingerprint density at radius 2 is 1.61 bits per heavy atom. The number of hydrogen-bond donors (Lipinski definition) is 7. The van der Waals surface area contributed by atoms with E-state index in [4.69, 9.17) is 37.1 Å². The molecule has 2 aromatic carbocycles. The predicted molar refractivity (Wildman–Crippen MR) is 122 cm³/mol. The van der Waals surface area contributed by atoms with Crippen molar-refractivity contribution in [2.24, 2.45) is 22.9 Å². The van der Waals surface area contributed by atoms with E-state index in [0.29, 0.717) is 6.42 Å². The topological polar surface area (TPSA) is 192 Å². The van der Waals surface area contributed by atoms with E-state index in [0.717, 1.165) is 16.3 Å². The number of benzene rings is 2. The maximum absolute atomic E-state index is 10.8. The number of fused-ring (bicyclic) bond motifs is 1. The van der Waals surface area contributed by atoms with Crippen molar-refractivity contribution in [3.8, 4) is 0 Å². The molecule has 0 bridgehead atoms. The number of aliphatic hydroxyl groups is 3. The maximum atomic E-state index is 10.8. The van der Waals surface area contributed by atoms with Crippen LogP contribution in [-0.2, 0) is 20.8 Å². The van der Waals surface area contributed by atoms with E-state index in [1.807, 2.05) is 42.5 Å². The Balaban J connectivity index is 1.50. The zero-order chi connectivity index (χ0) is 23.7. The van der Waals surface area contributed by atoms with Crippen molar-refractivity contribution in [2.45, 2.75) is 74.1 Å². The molecule has 1 heterocycles. The summed E-state index contributed by atoms with van der Waals surface area (Å²) in [5, 5.41) is 33.4. The van der Waals surface area contributed by atoms with Crippen LogP contribution in [-0.4, -0.2) is 82.9 Å². The van der Waals surface area contributed by atoms with Crippen LogP contribution in [0.3, 0.4) is 0 Å². The van der Waals surface area contributed by atoms with E-state index >= 15 is 0 Å². The van der Waals surface area contributed by atoms with Crippen LogP contribution in [0.4, 0.5) is 0 Å². The molecule has 0 aromatic heterocycles. The Hall–Kier alpha value is -1.70. The van der Waals surface area contributed by atoms with Gasteiger partial charge in [0, 0.05) is 18.6 Å². The quantitative estimate of drug-likeness (QED) is 0.259. The summed E-state index contributed by atoms with van der Waals surface area (Å²) < 4.78 is 17.8. The highest BCUT2D eigenvalue weighted by Crippen LogP contribution is 2.29. The van der Waals surface area contributed by atoms with Crippen LogP contribution >= 0.6 is 0 Å². The Morgan fingerprint density at radius 1 is 0.879 bits per heavy atom. The van der Waals surface area contributed by atoms with Crippen LogP contribution in [0.15, 0.2) is 42.5 Å². The third-order valence-electron chi connectivity index (χ3n) is 6.59. The summed E-state index contributed by atoms with van der Waals surface area (Å²) in [5.74, 6) is 0. The normalized spacial score (nSPS) is 39.6. The largest absolute Gasteiger partial charge is 0.389 e. The van der Waals surface area contributed by atoms with Crippen LogP contribution in [0.1, 0.15) is 12.0 Å². The van der Waals surface area contributed by atoms with Gasteiger partial charge in [-0.25, -0.2) is 0 Å². The summed E-state index contributed by atoms with van der Waals surface area (Å²) >= 11 is 0. The third-order valence-corrected chi connectivity index (χ3v) is 6.59. The van der Waals surface area contributed by atoms with Gasteiger partial charge in [-0.3, -0.25) is 0 Å². The van der Waals surface area contributed by atoms with Gasteiger partial charge in [0.25, 0.3) is 0 Å². The van der Waals surface area contributed by atoms with Gasteiger partial charge in [-0.2, -0.15) is 0 Å². The number of nitrogens with two attached hydrogens (primary N) is 4. The third kappa shape index (κ3) is 5.05. The molecule has 1 saturated carbocycles. The zero-order valence-corrected chi connectivity index (χ0v) is 18.3. The van der Waals surface area contributed by atoms with Crippen molar-refractivity contribution < 1.29 is 29.5 Å². The van der Waals surface area contributed by atoms with Gasteiger partial charge in [0.15, 0.2) is 6.29 Å². The molecule has 0 radical (unpaired) electrons. The van der Waals surface area contributed by atoms with Crippen LogP contribution in [0.2, 0.25) is 0 Å². The first-order valence-corrected chi connectivity index (χ1v) is 11.2. The molecule has 2 aromatic rings. The first kappa shape index (κ1) is 24.4. The molecule has 182 valence electrons. The van der Waals surface area contributed by atoms with Crippen molar-refractivity contribution in [3.63, 3.8) is 0 Å². The van der Waals surface area contributed by atoms with Gasteiger partial charge in [0.1, 0.15) is 30.5 Å².